The summed E-state index contributed by atoms with van der Waals surface area (Å²) >= 11 is 0. The lowest BCUT2D eigenvalue weighted by Gasteiger charge is -2.12. The van der Waals surface area contributed by atoms with E-state index < -0.39 is 17.8 Å². The molecule has 1 fully saturated rings. The van der Waals surface area contributed by atoms with E-state index in [1.54, 1.807) is 24.3 Å². The van der Waals surface area contributed by atoms with Crippen LogP contribution in [0.4, 0.5) is 11.4 Å². The average Bonchev–Trinajstić information content (AvgIpc) is 2.93. The molecule has 1 saturated heterocycles. The topological polar surface area (TPSA) is 88.4 Å². The molecule has 0 spiro atoms. The first-order valence-corrected chi connectivity index (χ1v) is 7.28. The van der Waals surface area contributed by atoms with Gasteiger partial charge in [0.2, 0.25) is 0 Å². The number of carbonyl (C=O) groups excluding carboxylic acids is 3. The number of hydrogen-bond donors (Lipinski definition) is 0. The van der Waals surface area contributed by atoms with Crippen LogP contribution in [0.3, 0.4) is 0 Å². The number of hydroxylamine groups is 2. The summed E-state index contributed by atoms with van der Waals surface area (Å²) in [6.45, 7) is 0. The molecule has 2 aromatic carbocycles. The van der Waals surface area contributed by atoms with Crippen molar-refractivity contribution >= 4 is 29.2 Å². The Bertz CT molecular complexity index is 802. The number of amides is 2. The fraction of sp³-hybridized carbons (Fsp3) is 0.118. The lowest BCUT2D eigenvalue weighted by Crippen LogP contribution is -2.32. The Morgan fingerprint density at radius 3 is 2.21 bits per heavy atom. The molecular weight excluding hydrogens is 310 g/mol. The average molecular weight is 323 g/mol. The normalized spacial score (nSPS) is 14.4. The van der Waals surface area contributed by atoms with Crippen LogP contribution in [0.25, 0.3) is 0 Å². The van der Waals surface area contributed by atoms with E-state index in [-0.39, 0.29) is 18.4 Å². The number of hydrogen-bond acceptors (Lipinski definition) is 6. The fourth-order valence-electron chi connectivity index (χ4n) is 2.10. The van der Waals surface area contributed by atoms with E-state index in [9.17, 15) is 14.4 Å². The second kappa shape index (κ2) is 6.82. The summed E-state index contributed by atoms with van der Waals surface area (Å²) in [5.41, 5.74) is 1.30. The van der Waals surface area contributed by atoms with Crippen molar-refractivity contribution in [2.24, 2.45) is 10.2 Å². The highest BCUT2D eigenvalue weighted by Gasteiger charge is 2.33. The summed E-state index contributed by atoms with van der Waals surface area (Å²) in [4.78, 5) is 39.9. The number of azo groups is 1. The molecule has 2 amide bonds. The summed E-state index contributed by atoms with van der Waals surface area (Å²) in [6, 6.07) is 15.4. The van der Waals surface area contributed by atoms with E-state index >= 15 is 0 Å². The molecule has 2 aromatic rings. The highest BCUT2D eigenvalue weighted by Crippen LogP contribution is 2.20. The van der Waals surface area contributed by atoms with Crippen LogP contribution in [0.5, 0.6) is 0 Å². The largest absolute Gasteiger partial charge is 0.363 e. The molecule has 120 valence electrons. The Kier molecular flexibility index (Phi) is 4.42. The molecule has 0 N–H and O–H groups in total. The maximum Gasteiger partial charge on any atom is 0.363 e. The molecule has 1 aliphatic heterocycles. The van der Waals surface area contributed by atoms with Gasteiger partial charge in [-0.25, -0.2) is 4.79 Å². The molecule has 24 heavy (non-hydrogen) atoms. The van der Waals surface area contributed by atoms with Crippen LogP contribution in [-0.4, -0.2) is 22.8 Å². The van der Waals surface area contributed by atoms with Crippen molar-refractivity contribution in [3.05, 3.63) is 60.2 Å². The Labute approximate surface area is 137 Å². The minimum atomic E-state index is -0.796. The van der Waals surface area contributed by atoms with Crippen molar-refractivity contribution in [3.8, 4) is 0 Å². The van der Waals surface area contributed by atoms with Crippen molar-refractivity contribution in [1.29, 1.82) is 0 Å². The van der Waals surface area contributed by atoms with Crippen molar-refractivity contribution in [2.75, 3.05) is 0 Å². The minimum Gasteiger partial charge on any atom is -0.325 e. The van der Waals surface area contributed by atoms with E-state index in [1.807, 2.05) is 18.2 Å². The maximum absolute atomic E-state index is 12.1. The van der Waals surface area contributed by atoms with Gasteiger partial charge in [0.05, 0.1) is 16.9 Å². The van der Waals surface area contributed by atoms with Crippen molar-refractivity contribution in [2.45, 2.75) is 12.8 Å². The van der Waals surface area contributed by atoms with Gasteiger partial charge in [0, 0.05) is 12.8 Å². The number of benzene rings is 2. The predicted molar refractivity (Wildman–Crippen MR) is 83.6 cm³/mol. The minimum absolute atomic E-state index is 0.0530. The highest BCUT2D eigenvalue weighted by molar-refractivity contribution is 6.02. The lowest BCUT2D eigenvalue weighted by molar-refractivity contribution is -0.172. The molecule has 0 atom stereocenters. The monoisotopic (exact) mass is 323 g/mol. The van der Waals surface area contributed by atoms with Gasteiger partial charge in [-0.05, 0) is 30.3 Å². The first-order valence-electron chi connectivity index (χ1n) is 7.28. The zero-order chi connectivity index (χ0) is 16.9. The van der Waals surface area contributed by atoms with Gasteiger partial charge in [0.15, 0.2) is 0 Å². The van der Waals surface area contributed by atoms with E-state index in [4.69, 9.17) is 4.84 Å². The lowest BCUT2D eigenvalue weighted by atomic mass is 10.2. The fourth-order valence-corrected chi connectivity index (χ4v) is 2.10. The highest BCUT2D eigenvalue weighted by atomic mass is 16.7. The van der Waals surface area contributed by atoms with Gasteiger partial charge in [-0.15, -0.1) is 5.06 Å². The van der Waals surface area contributed by atoms with Gasteiger partial charge in [-0.2, -0.15) is 10.2 Å². The van der Waals surface area contributed by atoms with Crippen LogP contribution in [0.15, 0.2) is 64.8 Å². The zero-order valence-electron chi connectivity index (χ0n) is 12.6. The zero-order valence-corrected chi connectivity index (χ0v) is 12.6. The Morgan fingerprint density at radius 1 is 0.875 bits per heavy atom. The summed E-state index contributed by atoms with van der Waals surface area (Å²) in [5, 5.41) is 8.62. The third-order valence-electron chi connectivity index (χ3n) is 3.30. The van der Waals surface area contributed by atoms with Gasteiger partial charge in [-0.1, -0.05) is 24.3 Å². The molecule has 7 nitrogen and oxygen atoms in total. The molecule has 0 bridgehead atoms. The second-order valence-electron chi connectivity index (χ2n) is 5.05. The summed E-state index contributed by atoms with van der Waals surface area (Å²) in [6.07, 6.45) is 0.106. The van der Waals surface area contributed by atoms with Gasteiger partial charge >= 0.3 is 5.97 Å². The Hall–Kier alpha value is -3.35. The molecule has 0 aliphatic carbocycles. The maximum atomic E-state index is 12.1. The number of nitrogens with zero attached hydrogens (tertiary/aromatic N) is 3. The van der Waals surface area contributed by atoms with Gasteiger partial charge < -0.3 is 4.84 Å². The summed E-state index contributed by atoms with van der Waals surface area (Å²) < 4.78 is 0. The Morgan fingerprint density at radius 2 is 1.50 bits per heavy atom. The molecule has 3 rings (SSSR count). The first kappa shape index (κ1) is 15.5. The molecule has 0 saturated carbocycles. The Balaban J connectivity index is 1.73. The van der Waals surface area contributed by atoms with Crippen LogP contribution in [0.1, 0.15) is 23.2 Å². The molecule has 7 heteroatoms. The molecule has 0 unspecified atom stereocenters. The van der Waals surface area contributed by atoms with Crippen LogP contribution >= 0.6 is 0 Å². The molecule has 0 aromatic heterocycles. The second-order valence-corrected chi connectivity index (χ2v) is 5.05. The first-order chi connectivity index (χ1) is 11.6. The summed E-state index contributed by atoms with van der Waals surface area (Å²) in [7, 11) is 0. The standard InChI is InChI=1S/C17H13N3O4/c21-15-9-10-16(22)20(15)24-17(23)12-5-4-8-14(11-12)19-18-13-6-2-1-3-7-13/h1-8,11H,9-10H2/b19-18+. The smallest absolute Gasteiger partial charge is 0.325 e. The molecular formula is C17H13N3O4. The van der Waals surface area contributed by atoms with E-state index in [0.717, 1.165) is 0 Å². The van der Waals surface area contributed by atoms with Crippen LogP contribution in [0, 0.1) is 0 Å². The van der Waals surface area contributed by atoms with Gasteiger partial charge in [0.25, 0.3) is 11.8 Å². The molecule has 1 aliphatic rings. The van der Waals surface area contributed by atoms with E-state index in [2.05, 4.69) is 10.2 Å². The van der Waals surface area contributed by atoms with Crippen LogP contribution < -0.4 is 0 Å². The number of rotatable bonds is 4. The van der Waals surface area contributed by atoms with Crippen molar-refractivity contribution in [1.82, 2.24) is 5.06 Å². The number of carbonyl (C=O) groups is 3. The predicted octanol–water partition coefficient (Wildman–Crippen LogP) is 3.32. The quantitative estimate of drug-likeness (QED) is 0.637. The van der Waals surface area contributed by atoms with Gasteiger partial charge in [0.1, 0.15) is 0 Å². The van der Waals surface area contributed by atoms with Crippen LogP contribution in [-0.2, 0) is 14.4 Å². The van der Waals surface area contributed by atoms with Crippen LogP contribution in [0.2, 0.25) is 0 Å². The van der Waals surface area contributed by atoms with Crippen molar-refractivity contribution in [3.63, 3.8) is 0 Å². The third kappa shape index (κ3) is 3.52. The molecule has 1 heterocycles. The van der Waals surface area contributed by atoms with E-state index in [1.165, 1.54) is 12.1 Å². The van der Waals surface area contributed by atoms with Crippen molar-refractivity contribution < 1.29 is 19.2 Å². The third-order valence-corrected chi connectivity index (χ3v) is 3.30. The van der Waals surface area contributed by atoms with Gasteiger partial charge in [-0.3, -0.25) is 9.59 Å². The SMILES string of the molecule is O=C(ON1C(=O)CCC1=O)c1cccc(/N=N/c2ccccc2)c1. The molecule has 0 radical (unpaired) electrons. The van der Waals surface area contributed by atoms with E-state index in [0.29, 0.717) is 16.4 Å². The summed E-state index contributed by atoms with van der Waals surface area (Å²) in [5.74, 6) is -1.84. The number of imide groups is 1.